The topological polar surface area (TPSA) is 30.0 Å². The molecule has 1 aromatic carbocycles. The molecule has 2 saturated heterocycles. The Morgan fingerprint density at radius 1 is 0.935 bits per heavy atom. The molecule has 0 atom stereocenters. The van der Waals surface area contributed by atoms with Crippen molar-refractivity contribution in [3.63, 3.8) is 0 Å². The zero-order valence-electron chi connectivity index (χ0n) is 18.5. The van der Waals surface area contributed by atoms with E-state index in [1.165, 1.54) is 57.9 Å². The molecule has 0 aromatic heterocycles. The maximum absolute atomic E-state index is 11.7. The molecule has 5 nitrogen and oxygen atoms in total. The van der Waals surface area contributed by atoms with E-state index >= 15 is 0 Å². The van der Waals surface area contributed by atoms with Gasteiger partial charge < -0.3 is 4.90 Å². The van der Waals surface area contributed by atoms with Crippen LogP contribution in [-0.2, 0) is 4.79 Å². The van der Waals surface area contributed by atoms with Crippen LogP contribution in [0.4, 0.5) is 5.69 Å². The number of hydrogen-bond acceptors (Lipinski definition) is 4. The standard InChI is InChI=1S/C24H36Cl2N4O/c25-22-7-4-8-23(24(22)26)28-17-15-27(16-18-28)12-9-20-10-13-29(14-11-20)30(19-31)21-5-2-1-3-6-21/h4,7-8,19-21H,1-3,5-6,9-18H2. The molecule has 2 aliphatic heterocycles. The van der Waals surface area contributed by atoms with Crippen molar-refractivity contribution in [2.45, 2.75) is 57.4 Å². The molecule has 1 saturated carbocycles. The van der Waals surface area contributed by atoms with Crippen LogP contribution in [0.15, 0.2) is 18.2 Å². The number of carbonyl (C=O) groups is 1. The minimum atomic E-state index is 0.437. The van der Waals surface area contributed by atoms with E-state index in [4.69, 9.17) is 23.2 Å². The molecule has 31 heavy (non-hydrogen) atoms. The SMILES string of the molecule is O=CN(C1CCCCC1)N1CCC(CCN2CCN(c3cccc(Cl)c3Cl)CC2)CC1. The Kier molecular flexibility index (Phi) is 8.38. The summed E-state index contributed by atoms with van der Waals surface area (Å²) in [6.45, 7) is 7.36. The maximum Gasteiger partial charge on any atom is 0.224 e. The Morgan fingerprint density at radius 3 is 2.32 bits per heavy atom. The van der Waals surface area contributed by atoms with Gasteiger partial charge in [0.25, 0.3) is 0 Å². The van der Waals surface area contributed by atoms with Gasteiger partial charge in [-0.15, -0.1) is 0 Å². The minimum absolute atomic E-state index is 0.437. The monoisotopic (exact) mass is 466 g/mol. The predicted octanol–water partition coefficient (Wildman–Crippen LogP) is 4.92. The Labute approximate surface area is 197 Å². The molecular weight excluding hydrogens is 431 g/mol. The van der Waals surface area contributed by atoms with Gasteiger partial charge in [0.1, 0.15) is 0 Å². The van der Waals surface area contributed by atoms with E-state index in [-0.39, 0.29) is 0 Å². The number of anilines is 1. The van der Waals surface area contributed by atoms with Gasteiger partial charge in [-0.05, 0) is 56.7 Å². The molecule has 7 heteroatoms. The highest BCUT2D eigenvalue weighted by molar-refractivity contribution is 6.43. The van der Waals surface area contributed by atoms with Gasteiger partial charge in [0.15, 0.2) is 0 Å². The van der Waals surface area contributed by atoms with E-state index in [1.54, 1.807) is 0 Å². The number of piperidine rings is 1. The van der Waals surface area contributed by atoms with Crippen molar-refractivity contribution in [3.05, 3.63) is 28.2 Å². The number of carbonyl (C=O) groups excluding carboxylic acids is 1. The van der Waals surface area contributed by atoms with Gasteiger partial charge in [-0.25, -0.2) is 5.01 Å². The molecule has 3 aliphatic rings. The van der Waals surface area contributed by atoms with Gasteiger partial charge in [-0.2, -0.15) is 0 Å². The third-order valence-electron chi connectivity index (χ3n) is 7.47. The number of hydrazine groups is 1. The second-order valence-corrected chi connectivity index (χ2v) is 10.1. The number of hydrogen-bond donors (Lipinski definition) is 0. The summed E-state index contributed by atoms with van der Waals surface area (Å²) in [6, 6.07) is 6.32. The molecule has 4 rings (SSSR count). The van der Waals surface area contributed by atoms with E-state index < -0.39 is 0 Å². The number of nitrogens with zero attached hydrogens (tertiary/aromatic N) is 4. The van der Waals surface area contributed by atoms with Gasteiger partial charge in [-0.3, -0.25) is 14.7 Å². The van der Waals surface area contributed by atoms with Crippen molar-refractivity contribution >= 4 is 35.3 Å². The molecule has 0 N–H and O–H groups in total. The first kappa shape index (κ1) is 23.2. The van der Waals surface area contributed by atoms with Gasteiger partial charge in [-0.1, -0.05) is 48.5 Å². The lowest BCUT2D eigenvalue weighted by Crippen LogP contribution is -2.52. The first-order chi connectivity index (χ1) is 15.2. The second-order valence-electron chi connectivity index (χ2n) is 9.36. The fourth-order valence-electron chi connectivity index (χ4n) is 5.48. The van der Waals surface area contributed by atoms with Crippen molar-refractivity contribution in [1.29, 1.82) is 0 Å². The molecule has 0 bridgehead atoms. The highest BCUT2D eigenvalue weighted by Gasteiger charge is 2.29. The van der Waals surface area contributed by atoms with Crippen molar-refractivity contribution in [2.24, 2.45) is 5.92 Å². The molecule has 3 fully saturated rings. The molecule has 2 heterocycles. The third kappa shape index (κ3) is 5.87. The number of piperazine rings is 1. The van der Waals surface area contributed by atoms with Crippen LogP contribution in [0.1, 0.15) is 51.4 Å². The van der Waals surface area contributed by atoms with Crippen LogP contribution >= 0.6 is 23.2 Å². The van der Waals surface area contributed by atoms with Crippen molar-refractivity contribution in [2.75, 3.05) is 50.7 Å². The number of halogens is 2. The lowest BCUT2D eigenvalue weighted by Gasteiger charge is -2.43. The lowest BCUT2D eigenvalue weighted by atomic mass is 9.93. The number of rotatable bonds is 7. The maximum atomic E-state index is 11.7. The smallest absolute Gasteiger partial charge is 0.224 e. The van der Waals surface area contributed by atoms with Crippen LogP contribution in [0.2, 0.25) is 10.0 Å². The largest absolute Gasteiger partial charge is 0.368 e. The van der Waals surface area contributed by atoms with Crippen LogP contribution < -0.4 is 4.90 Å². The molecule has 1 aliphatic carbocycles. The van der Waals surface area contributed by atoms with Gasteiger partial charge in [0, 0.05) is 45.3 Å². The van der Waals surface area contributed by atoms with E-state index in [0.29, 0.717) is 16.1 Å². The van der Waals surface area contributed by atoms with Crippen LogP contribution in [0.3, 0.4) is 0 Å². The zero-order chi connectivity index (χ0) is 21.6. The average Bonchev–Trinajstić information content (AvgIpc) is 2.82. The van der Waals surface area contributed by atoms with Gasteiger partial charge >= 0.3 is 0 Å². The minimum Gasteiger partial charge on any atom is -0.368 e. The number of benzene rings is 1. The Hall–Kier alpha value is -1.01. The van der Waals surface area contributed by atoms with Crippen molar-refractivity contribution < 1.29 is 4.79 Å². The summed E-state index contributed by atoms with van der Waals surface area (Å²) in [4.78, 5) is 16.7. The van der Waals surface area contributed by atoms with Crippen LogP contribution in [-0.4, -0.2) is 73.2 Å². The molecule has 0 unspecified atom stereocenters. The van der Waals surface area contributed by atoms with Crippen molar-refractivity contribution in [1.82, 2.24) is 14.9 Å². The highest BCUT2D eigenvalue weighted by atomic mass is 35.5. The van der Waals surface area contributed by atoms with Gasteiger partial charge in [0.2, 0.25) is 6.41 Å². The molecule has 0 spiro atoms. The first-order valence-electron chi connectivity index (χ1n) is 12.1. The van der Waals surface area contributed by atoms with Crippen LogP contribution in [0, 0.1) is 5.92 Å². The molecule has 1 amide bonds. The molecule has 0 radical (unpaired) electrons. The fraction of sp³-hybridized carbons (Fsp3) is 0.708. The van der Waals surface area contributed by atoms with E-state index in [9.17, 15) is 4.79 Å². The van der Waals surface area contributed by atoms with Crippen molar-refractivity contribution in [3.8, 4) is 0 Å². The quantitative estimate of drug-likeness (QED) is 0.533. The molecule has 172 valence electrons. The molecular formula is C24H36Cl2N4O. The Balaban J connectivity index is 1.17. The predicted molar refractivity (Wildman–Crippen MR) is 129 cm³/mol. The Morgan fingerprint density at radius 2 is 1.65 bits per heavy atom. The van der Waals surface area contributed by atoms with E-state index in [1.807, 2.05) is 17.1 Å². The molecule has 1 aromatic rings. The second kappa shape index (κ2) is 11.2. The summed E-state index contributed by atoms with van der Waals surface area (Å²) in [7, 11) is 0. The summed E-state index contributed by atoms with van der Waals surface area (Å²) < 4.78 is 0. The summed E-state index contributed by atoms with van der Waals surface area (Å²) in [5.74, 6) is 0.775. The Bertz CT molecular complexity index is 712. The van der Waals surface area contributed by atoms with E-state index in [0.717, 1.165) is 57.3 Å². The fourth-order valence-corrected chi connectivity index (χ4v) is 5.90. The zero-order valence-corrected chi connectivity index (χ0v) is 20.0. The third-order valence-corrected chi connectivity index (χ3v) is 8.28. The van der Waals surface area contributed by atoms with Crippen LogP contribution in [0.5, 0.6) is 0 Å². The van der Waals surface area contributed by atoms with E-state index in [2.05, 4.69) is 20.9 Å². The summed E-state index contributed by atoms with van der Waals surface area (Å²) in [6.07, 6.45) is 11.0. The normalized spacial score (nSPS) is 22.6. The highest BCUT2D eigenvalue weighted by Crippen LogP contribution is 2.33. The first-order valence-corrected chi connectivity index (χ1v) is 12.8. The number of amides is 1. The summed E-state index contributed by atoms with van der Waals surface area (Å²) >= 11 is 12.6. The summed E-state index contributed by atoms with van der Waals surface area (Å²) in [5, 5.41) is 5.66. The van der Waals surface area contributed by atoms with Gasteiger partial charge in [0.05, 0.1) is 15.7 Å². The average molecular weight is 467 g/mol. The van der Waals surface area contributed by atoms with Crippen LogP contribution in [0.25, 0.3) is 0 Å². The lowest BCUT2D eigenvalue weighted by molar-refractivity contribution is -0.146. The summed E-state index contributed by atoms with van der Waals surface area (Å²) in [5.41, 5.74) is 1.05.